The second kappa shape index (κ2) is 13.4. The minimum absolute atomic E-state index is 0.0385. The fourth-order valence-electron chi connectivity index (χ4n) is 4.35. The second-order valence-electron chi connectivity index (χ2n) is 8.58. The molecule has 3 rings (SSSR count). The number of carboxylic acids is 1. The summed E-state index contributed by atoms with van der Waals surface area (Å²) in [4.78, 5) is 34.5. The fourth-order valence-corrected chi connectivity index (χ4v) is 4.35. The van der Waals surface area contributed by atoms with E-state index in [1.54, 1.807) is 0 Å². The van der Waals surface area contributed by atoms with Crippen LogP contribution in [0.3, 0.4) is 0 Å². The first kappa shape index (κ1) is 24.4. The van der Waals surface area contributed by atoms with Crippen LogP contribution in [0.4, 0.5) is 0 Å². The maximum absolute atomic E-state index is 12.1. The largest absolute Gasteiger partial charge is 0.481 e. The summed E-state index contributed by atoms with van der Waals surface area (Å²) < 4.78 is 5.89. The molecule has 2 aliphatic heterocycles. The summed E-state index contributed by atoms with van der Waals surface area (Å²) in [7, 11) is 0. The summed E-state index contributed by atoms with van der Waals surface area (Å²) in [6, 6.07) is 0. The van der Waals surface area contributed by atoms with Crippen molar-refractivity contribution in [3.63, 3.8) is 0 Å². The second-order valence-corrected chi connectivity index (χ2v) is 8.58. The van der Waals surface area contributed by atoms with Gasteiger partial charge in [0.15, 0.2) is 0 Å². The predicted molar refractivity (Wildman–Crippen MR) is 115 cm³/mol. The molecule has 2 saturated heterocycles. The normalized spacial score (nSPS) is 25.0. The highest BCUT2D eigenvalue weighted by Gasteiger charge is 2.46. The van der Waals surface area contributed by atoms with Crippen LogP contribution in [-0.4, -0.2) is 48.2 Å². The third-order valence-electron chi connectivity index (χ3n) is 6.11. The smallest absolute Gasteiger partial charge is 0.303 e. The van der Waals surface area contributed by atoms with Gasteiger partial charge in [-0.25, -0.2) is 0 Å². The summed E-state index contributed by atoms with van der Waals surface area (Å²) in [6.07, 6.45) is 14.0. The SMILES string of the molecule is CCCCCCC(=O)NCC(=O)NCC1CC2CC(O2)C1C/C=C/CCCC(=O)O. The maximum atomic E-state index is 12.1. The molecule has 3 N–H and O–H groups in total. The van der Waals surface area contributed by atoms with E-state index in [0.29, 0.717) is 37.3 Å². The van der Waals surface area contributed by atoms with Crippen LogP contribution in [0.5, 0.6) is 0 Å². The molecule has 1 aliphatic carbocycles. The Morgan fingerprint density at radius 1 is 1.00 bits per heavy atom. The van der Waals surface area contributed by atoms with Crippen molar-refractivity contribution in [1.82, 2.24) is 10.6 Å². The summed E-state index contributed by atoms with van der Waals surface area (Å²) in [5, 5.41) is 14.4. The van der Waals surface area contributed by atoms with E-state index in [1.165, 1.54) is 0 Å². The molecule has 170 valence electrons. The van der Waals surface area contributed by atoms with Crippen molar-refractivity contribution in [3.05, 3.63) is 12.2 Å². The highest BCUT2D eigenvalue weighted by atomic mass is 16.5. The molecule has 3 aliphatic rings. The van der Waals surface area contributed by atoms with Gasteiger partial charge in [-0.05, 0) is 43.9 Å². The minimum atomic E-state index is -0.756. The van der Waals surface area contributed by atoms with Crippen LogP contribution in [0.15, 0.2) is 12.2 Å². The number of ether oxygens (including phenoxy) is 1. The van der Waals surface area contributed by atoms with Crippen LogP contribution < -0.4 is 10.6 Å². The maximum Gasteiger partial charge on any atom is 0.303 e. The Bertz CT molecular complexity index is 586. The quantitative estimate of drug-likeness (QED) is 0.278. The van der Waals surface area contributed by atoms with Crippen LogP contribution in [0.1, 0.15) is 77.6 Å². The van der Waals surface area contributed by atoms with Gasteiger partial charge in [-0.15, -0.1) is 0 Å². The van der Waals surface area contributed by atoms with Gasteiger partial charge in [0.2, 0.25) is 11.8 Å². The van der Waals surface area contributed by atoms with E-state index in [1.807, 2.05) is 0 Å². The van der Waals surface area contributed by atoms with E-state index in [4.69, 9.17) is 9.84 Å². The zero-order valence-electron chi connectivity index (χ0n) is 18.2. The van der Waals surface area contributed by atoms with Gasteiger partial charge in [0, 0.05) is 25.8 Å². The molecular formula is C23H38N2O5. The number of carboxylic acid groups (broad SMARTS) is 1. The first-order chi connectivity index (χ1) is 14.5. The Labute approximate surface area is 180 Å². The van der Waals surface area contributed by atoms with Crippen molar-refractivity contribution < 1.29 is 24.2 Å². The number of unbranched alkanes of at least 4 members (excludes halogenated alkanes) is 4. The third kappa shape index (κ3) is 8.86. The topological polar surface area (TPSA) is 105 Å². The van der Waals surface area contributed by atoms with Crippen LogP contribution in [0.2, 0.25) is 0 Å². The Kier molecular flexibility index (Phi) is 10.9. The molecule has 0 aromatic rings. The van der Waals surface area contributed by atoms with Crippen molar-refractivity contribution in [2.45, 2.75) is 89.8 Å². The molecule has 2 bridgehead atoms. The van der Waals surface area contributed by atoms with E-state index >= 15 is 0 Å². The van der Waals surface area contributed by atoms with E-state index < -0.39 is 5.97 Å². The highest BCUT2D eigenvalue weighted by molar-refractivity contribution is 5.84. The predicted octanol–water partition coefficient (Wildman–Crippen LogP) is 3.18. The number of amides is 2. The molecule has 0 spiro atoms. The lowest BCUT2D eigenvalue weighted by molar-refractivity contribution is -0.204. The van der Waals surface area contributed by atoms with Crippen molar-refractivity contribution in [2.24, 2.45) is 11.8 Å². The lowest BCUT2D eigenvalue weighted by Gasteiger charge is -2.51. The van der Waals surface area contributed by atoms with Crippen LogP contribution in [-0.2, 0) is 19.1 Å². The van der Waals surface area contributed by atoms with E-state index in [9.17, 15) is 14.4 Å². The number of aliphatic carboxylic acids is 1. The summed E-state index contributed by atoms with van der Waals surface area (Å²) >= 11 is 0. The summed E-state index contributed by atoms with van der Waals surface area (Å²) in [5.41, 5.74) is 0. The van der Waals surface area contributed by atoms with Gasteiger partial charge in [0.1, 0.15) is 0 Å². The molecule has 0 aromatic carbocycles. The van der Waals surface area contributed by atoms with Gasteiger partial charge in [-0.2, -0.15) is 0 Å². The molecule has 4 unspecified atom stereocenters. The number of fused-ring (bicyclic) bond motifs is 2. The molecule has 2 heterocycles. The van der Waals surface area contributed by atoms with Crippen molar-refractivity contribution in [3.8, 4) is 0 Å². The van der Waals surface area contributed by atoms with Gasteiger partial charge in [-0.1, -0.05) is 38.3 Å². The Balaban J connectivity index is 1.64. The van der Waals surface area contributed by atoms with E-state index in [2.05, 4.69) is 29.7 Å². The number of nitrogens with one attached hydrogen (secondary N) is 2. The average molecular weight is 423 g/mol. The van der Waals surface area contributed by atoms with Crippen LogP contribution >= 0.6 is 0 Å². The highest BCUT2D eigenvalue weighted by Crippen LogP contribution is 2.44. The van der Waals surface area contributed by atoms with Crippen molar-refractivity contribution in [1.29, 1.82) is 0 Å². The lowest BCUT2D eigenvalue weighted by atomic mass is 9.70. The molecule has 7 heteroatoms. The van der Waals surface area contributed by atoms with Crippen LogP contribution in [0, 0.1) is 11.8 Å². The summed E-state index contributed by atoms with van der Waals surface area (Å²) in [5.74, 6) is -0.202. The standard InChI is InChI=1S/C23H38N2O5/c1-2-3-4-8-11-21(26)25-16-22(27)24-15-17-13-18-14-20(30-18)19(17)10-7-5-6-9-12-23(28)29/h5,7,17-20H,2-4,6,8-16H2,1H3,(H,24,27)(H,25,26)(H,28,29)/b7-5+. The molecule has 2 amide bonds. The number of rotatable bonds is 15. The number of hydrogen-bond acceptors (Lipinski definition) is 4. The first-order valence-electron chi connectivity index (χ1n) is 11.5. The number of allylic oxidation sites excluding steroid dienone is 2. The third-order valence-corrected chi connectivity index (χ3v) is 6.11. The van der Waals surface area contributed by atoms with Gasteiger partial charge in [0.05, 0.1) is 18.8 Å². The van der Waals surface area contributed by atoms with Gasteiger partial charge >= 0.3 is 5.97 Å². The zero-order chi connectivity index (χ0) is 21.8. The molecule has 30 heavy (non-hydrogen) atoms. The zero-order valence-corrected chi connectivity index (χ0v) is 18.2. The number of carbonyl (C=O) groups is 3. The first-order valence-corrected chi connectivity index (χ1v) is 11.5. The Hall–Kier alpha value is -1.89. The molecule has 0 aromatic heterocycles. The number of carbonyl (C=O) groups excluding carboxylic acids is 2. The Morgan fingerprint density at radius 3 is 2.53 bits per heavy atom. The monoisotopic (exact) mass is 422 g/mol. The molecule has 3 fully saturated rings. The molecule has 0 radical (unpaired) electrons. The fraction of sp³-hybridized carbons (Fsp3) is 0.783. The molecule has 1 saturated carbocycles. The lowest BCUT2D eigenvalue weighted by Crippen LogP contribution is -2.54. The van der Waals surface area contributed by atoms with Gasteiger partial charge in [-0.3, -0.25) is 14.4 Å². The van der Waals surface area contributed by atoms with Crippen LogP contribution in [0.25, 0.3) is 0 Å². The van der Waals surface area contributed by atoms with Crippen molar-refractivity contribution >= 4 is 17.8 Å². The Morgan fingerprint density at radius 2 is 1.80 bits per heavy atom. The molecule has 7 nitrogen and oxygen atoms in total. The van der Waals surface area contributed by atoms with Gasteiger partial charge < -0.3 is 20.5 Å². The average Bonchev–Trinajstić information content (AvgIpc) is 2.70. The molecule has 4 atom stereocenters. The van der Waals surface area contributed by atoms with E-state index in [0.717, 1.165) is 51.4 Å². The summed E-state index contributed by atoms with van der Waals surface area (Å²) in [6.45, 7) is 2.78. The molecular weight excluding hydrogens is 384 g/mol. The van der Waals surface area contributed by atoms with E-state index in [-0.39, 0.29) is 30.9 Å². The van der Waals surface area contributed by atoms with Gasteiger partial charge in [0.25, 0.3) is 0 Å². The number of hydrogen-bond donors (Lipinski definition) is 3. The van der Waals surface area contributed by atoms with Crippen molar-refractivity contribution in [2.75, 3.05) is 13.1 Å². The minimum Gasteiger partial charge on any atom is -0.481 e.